The number of ether oxygens (including phenoxy) is 1. The zero-order valence-electron chi connectivity index (χ0n) is 18.6. The third-order valence-electron chi connectivity index (χ3n) is 5.42. The van der Waals surface area contributed by atoms with Gasteiger partial charge in [0.1, 0.15) is 5.75 Å². The van der Waals surface area contributed by atoms with Crippen LogP contribution in [0.15, 0.2) is 46.4 Å². The van der Waals surface area contributed by atoms with Gasteiger partial charge in [0, 0.05) is 24.1 Å². The molecule has 2 aromatic rings. The van der Waals surface area contributed by atoms with Gasteiger partial charge in [-0.3, -0.25) is 9.80 Å². The summed E-state index contributed by atoms with van der Waals surface area (Å²) in [5.41, 5.74) is 4.61. The summed E-state index contributed by atoms with van der Waals surface area (Å²) in [5, 5.41) is 8.33. The zero-order chi connectivity index (χ0) is 23.1. The summed E-state index contributed by atoms with van der Waals surface area (Å²) in [4.78, 5) is 19.0. The van der Waals surface area contributed by atoms with Crippen LogP contribution in [0.5, 0.6) is 5.75 Å². The van der Waals surface area contributed by atoms with E-state index in [1.807, 2.05) is 18.2 Å². The Bertz CT molecular complexity index is 976. The van der Waals surface area contributed by atoms with Crippen molar-refractivity contribution in [2.75, 3.05) is 26.6 Å². The molecule has 172 valence electrons. The second-order valence-corrected chi connectivity index (χ2v) is 8.64. The summed E-state index contributed by atoms with van der Waals surface area (Å²) in [6.45, 7) is 0. The molecule has 0 saturated heterocycles. The Morgan fingerprint density at radius 1 is 1.22 bits per heavy atom. The topological polar surface area (TPSA) is 132 Å². The molecule has 0 atom stereocenters. The molecule has 1 fully saturated rings. The molecule has 2 aromatic carbocycles. The van der Waals surface area contributed by atoms with Gasteiger partial charge in [0.2, 0.25) is 5.17 Å². The Kier molecular flexibility index (Phi) is 8.34. The number of methoxy groups -OCH3 is 1. The highest BCUT2D eigenvalue weighted by atomic mass is 32.2. The molecular weight excluding hydrogens is 428 g/mol. The maximum absolute atomic E-state index is 13.3. The maximum atomic E-state index is 13.3. The van der Waals surface area contributed by atoms with Crippen LogP contribution in [0.3, 0.4) is 0 Å². The molecule has 0 spiro atoms. The van der Waals surface area contributed by atoms with Crippen LogP contribution in [0.2, 0.25) is 0 Å². The Hall–Kier alpha value is -2.79. The van der Waals surface area contributed by atoms with Crippen molar-refractivity contribution in [2.45, 2.75) is 36.5 Å². The van der Waals surface area contributed by atoms with Crippen LogP contribution in [0.4, 0.5) is 11.4 Å². The highest BCUT2D eigenvalue weighted by Gasteiger charge is 2.21. The van der Waals surface area contributed by atoms with E-state index in [1.165, 1.54) is 48.0 Å². The van der Waals surface area contributed by atoms with Gasteiger partial charge in [-0.1, -0.05) is 18.9 Å². The Morgan fingerprint density at radius 3 is 2.59 bits per heavy atom. The fourth-order valence-corrected chi connectivity index (χ4v) is 4.62. The first-order chi connectivity index (χ1) is 15.5. The number of hydrazine groups is 1. The van der Waals surface area contributed by atoms with Crippen molar-refractivity contribution in [1.29, 1.82) is 0 Å². The summed E-state index contributed by atoms with van der Waals surface area (Å²) in [7, 11) is 4.80. The molecular formula is C22H31N6O3S+. The average Bonchev–Trinajstić information content (AvgIpc) is 3.33. The number of anilines is 1. The molecule has 1 aliphatic carbocycles. The molecule has 1 amide bonds. The van der Waals surface area contributed by atoms with E-state index < -0.39 is 0 Å². The molecule has 1 aliphatic rings. The molecule has 0 aliphatic heterocycles. The lowest BCUT2D eigenvalue weighted by atomic mass is 9.97. The zero-order valence-corrected chi connectivity index (χ0v) is 19.4. The van der Waals surface area contributed by atoms with Crippen molar-refractivity contribution in [1.82, 2.24) is 5.01 Å². The minimum Gasteiger partial charge on any atom is -0.495 e. The molecule has 0 heterocycles. The summed E-state index contributed by atoms with van der Waals surface area (Å²) in [5.74, 6) is 12.1. The van der Waals surface area contributed by atoms with Gasteiger partial charge in [-0.25, -0.2) is 10.7 Å². The number of rotatable bonds is 7. The minimum absolute atomic E-state index is 0.290. The lowest BCUT2D eigenvalue weighted by molar-refractivity contribution is -0.830. The highest BCUT2D eigenvalue weighted by molar-refractivity contribution is 8.13. The SMILES string of the molecule is CO[NH2+]c1ccc(S/C(=N/N)N(C)N)c(C(=O)Nc2ccc(C3CCCC3)cc2OC)c1. The molecule has 32 heavy (non-hydrogen) atoms. The van der Waals surface area contributed by atoms with Gasteiger partial charge in [-0.05, 0) is 54.3 Å². The third-order valence-corrected chi connectivity index (χ3v) is 6.57. The number of quaternary nitrogens is 1. The Balaban J connectivity index is 1.89. The van der Waals surface area contributed by atoms with E-state index in [2.05, 4.69) is 16.5 Å². The number of nitrogens with two attached hydrogens (primary N) is 3. The summed E-state index contributed by atoms with van der Waals surface area (Å²) < 4.78 is 5.58. The van der Waals surface area contributed by atoms with Gasteiger partial charge < -0.3 is 15.9 Å². The lowest BCUT2D eigenvalue weighted by Gasteiger charge is -2.17. The van der Waals surface area contributed by atoms with Crippen molar-refractivity contribution in [3.8, 4) is 5.75 Å². The van der Waals surface area contributed by atoms with Gasteiger partial charge in [0.15, 0.2) is 5.69 Å². The van der Waals surface area contributed by atoms with Crippen LogP contribution in [-0.2, 0) is 4.84 Å². The minimum atomic E-state index is -0.290. The normalized spacial score (nSPS) is 14.4. The van der Waals surface area contributed by atoms with Gasteiger partial charge in [0.25, 0.3) is 5.91 Å². The van der Waals surface area contributed by atoms with Crippen LogP contribution in [0.25, 0.3) is 0 Å². The van der Waals surface area contributed by atoms with E-state index in [-0.39, 0.29) is 5.91 Å². The smallest absolute Gasteiger partial charge is 0.257 e. The molecule has 9 nitrogen and oxygen atoms in total. The van der Waals surface area contributed by atoms with Crippen molar-refractivity contribution >= 4 is 34.2 Å². The fourth-order valence-electron chi connectivity index (χ4n) is 3.82. The number of nitrogens with one attached hydrogen (secondary N) is 1. The Labute approximate surface area is 192 Å². The number of amidine groups is 1. The Morgan fingerprint density at radius 2 is 1.97 bits per heavy atom. The summed E-state index contributed by atoms with van der Waals surface area (Å²) in [6.07, 6.45) is 4.90. The highest BCUT2D eigenvalue weighted by Crippen LogP contribution is 2.38. The maximum Gasteiger partial charge on any atom is 0.257 e. The van der Waals surface area contributed by atoms with E-state index in [0.717, 1.165) is 5.69 Å². The van der Waals surface area contributed by atoms with Crippen LogP contribution in [-0.4, -0.2) is 37.4 Å². The standard InChI is InChI=1S/C22H30N6O3S/c1-28(24)22(26-23)32-20-11-9-16(27-31-3)13-17(20)21(29)25-18-10-8-15(12-19(18)30-2)14-6-4-5-7-14/h8-14,27H,4-7,23-24H2,1-3H3,(H,25,29)/p+1/b26-22+. The van der Waals surface area contributed by atoms with E-state index in [1.54, 1.807) is 38.9 Å². The average molecular weight is 460 g/mol. The largest absolute Gasteiger partial charge is 0.495 e. The van der Waals surface area contributed by atoms with Crippen LogP contribution in [0, 0.1) is 0 Å². The molecule has 1 saturated carbocycles. The summed E-state index contributed by atoms with van der Waals surface area (Å²) >= 11 is 1.20. The van der Waals surface area contributed by atoms with Gasteiger partial charge in [-0.15, -0.1) is 0 Å². The fraction of sp³-hybridized carbons (Fsp3) is 0.364. The molecule has 0 radical (unpaired) electrons. The first-order valence-electron chi connectivity index (χ1n) is 10.4. The number of amides is 1. The quantitative estimate of drug-likeness (QED) is 0.125. The van der Waals surface area contributed by atoms with Gasteiger partial charge in [-0.2, -0.15) is 10.6 Å². The van der Waals surface area contributed by atoms with Crippen LogP contribution < -0.4 is 27.2 Å². The van der Waals surface area contributed by atoms with E-state index in [0.29, 0.717) is 33.0 Å². The van der Waals surface area contributed by atoms with E-state index in [4.69, 9.17) is 21.3 Å². The van der Waals surface area contributed by atoms with Gasteiger partial charge >= 0.3 is 0 Å². The number of hydrogen-bond acceptors (Lipinski definition) is 7. The first-order valence-corrected chi connectivity index (χ1v) is 11.2. The molecule has 7 N–H and O–H groups in total. The van der Waals surface area contributed by atoms with E-state index in [9.17, 15) is 4.79 Å². The summed E-state index contributed by atoms with van der Waals surface area (Å²) in [6, 6.07) is 11.4. The number of benzene rings is 2. The van der Waals surface area contributed by atoms with Crippen LogP contribution >= 0.6 is 11.8 Å². The van der Waals surface area contributed by atoms with Crippen molar-refractivity contribution in [3.05, 3.63) is 47.5 Å². The number of hydrazone groups is 1. The number of carbonyl (C=O) groups excluding carboxylic acids is 1. The molecule has 3 rings (SSSR count). The number of thioether (sulfide) groups is 1. The molecule has 0 aromatic heterocycles. The molecule has 10 heteroatoms. The predicted octanol–water partition coefficient (Wildman–Crippen LogP) is 2.49. The third kappa shape index (κ3) is 5.71. The van der Waals surface area contributed by atoms with Crippen molar-refractivity contribution < 1.29 is 19.8 Å². The molecule has 0 unspecified atom stereocenters. The number of hydrogen-bond donors (Lipinski definition) is 4. The van der Waals surface area contributed by atoms with Crippen molar-refractivity contribution in [2.24, 2.45) is 16.8 Å². The second kappa shape index (κ2) is 11.2. The van der Waals surface area contributed by atoms with E-state index >= 15 is 0 Å². The second-order valence-electron chi connectivity index (χ2n) is 7.63. The number of nitrogens with zero attached hydrogens (tertiary/aromatic N) is 2. The first kappa shape index (κ1) is 23.9. The lowest BCUT2D eigenvalue weighted by Crippen LogP contribution is -2.75. The monoisotopic (exact) mass is 459 g/mol. The number of carbonyl (C=O) groups is 1. The van der Waals surface area contributed by atoms with Gasteiger partial charge in [0.05, 0.1) is 25.5 Å². The van der Waals surface area contributed by atoms with Crippen molar-refractivity contribution in [3.63, 3.8) is 0 Å². The molecule has 0 bridgehead atoms. The predicted molar refractivity (Wildman–Crippen MR) is 127 cm³/mol. The van der Waals surface area contributed by atoms with Crippen LogP contribution in [0.1, 0.15) is 47.5 Å².